The molecule has 0 aromatic heterocycles. The van der Waals surface area contributed by atoms with Gasteiger partial charge in [0.05, 0.1) is 0 Å². The summed E-state index contributed by atoms with van der Waals surface area (Å²) in [6.45, 7) is 6.84. The van der Waals surface area contributed by atoms with E-state index in [0.29, 0.717) is 0 Å². The summed E-state index contributed by atoms with van der Waals surface area (Å²) in [6.07, 6.45) is 6.92. The predicted molar refractivity (Wildman–Crippen MR) is 166 cm³/mol. The lowest BCUT2D eigenvalue weighted by Gasteiger charge is -2.38. The van der Waals surface area contributed by atoms with E-state index in [-0.39, 0.29) is 11.2 Å². The van der Waals surface area contributed by atoms with Crippen molar-refractivity contribution in [1.82, 2.24) is 0 Å². The smallest absolute Gasteiger partial charge is 0.178 e. The third kappa shape index (κ3) is 3.48. The van der Waals surface area contributed by atoms with Crippen LogP contribution < -0.4 is 9.64 Å². The average Bonchev–Trinajstić information content (AvgIpc) is 3.63. The van der Waals surface area contributed by atoms with Crippen molar-refractivity contribution < 1.29 is 9.13 Å². The van der Waals surface area contributed by atoms with E-state index in [2.05, 4.69) is 104 Å². The summed E-state index contributed by atoms with van der Waals surface area (Å²) in [4.78, 5) is 2.44. The predicted octanol–water partition coefficient (Wildman–Crippen LogP) is 9.23. The fraction of sp³-hybridized carbons (Fsp3) is 0.211. The number of hydrogen-bond acceptors (Lipinski definition) is 2. The van der Waals surface area contributed by atoms with E-state index >= 15 is 0 Å². The number of hydrogen-bond donors (Lipinski definition) is 0. The summed E-state index contributed by atoms with van der Waals surface area (Å²) in [5, 5.41) is 2.30. The molecule has 0 N–H and O–H groups in total. The van der Waals surface area contributed by atoms with Crippen LogP contribution in [0.3, 0.4) is 0 Å². The molecule has 41 heavy (non-hydrogen) atoms. The molecule has 8 rings (SSSR count). The number of nitrogens with zero attached hydrogens (tertiary/aromatic N) is 1. The minimum absolute atomic E-state index is 0.180. The molecule has 5 aromatic carbocycles. The Kier molecular flexibility index (Phi) is 5.25. The van der Waals surface area contributed by atoms with E-state index < -0.39 is 5.60 Å². The van der Waals surface area contributed by atoms with Gasteiger partial charge in [-0.05, 0) is 70.8 Å². The minimum atomic E-state index is -0.892. The SMILES string of the molecule is CC1(C)c2ccccc2-c2c1c1c(c3ccccc23)OC(c2ccc(F)cc2)(c2ccc(N3CCCC3)cc2)C=C1. The van der Waals surface area contributed by atoms with E-state index in [0.717, 1.165) is 40.9 Å². The van der Waals surface area contributed by atoms with Crippen molar-refractivity contribution in [2.75, 3.05) is 18.0 Å². The molecule has 5 aromatic rings. The van der Waals surface area contributed by atoms with Crippen LogP contribution >= 0.6 is 0 Å². The second-order valence-electron chi connectivity index (χ2n) is 12.1. The quantitative estimate of drug-likeness (QED) is 0.227. The average molecular weight is 538 g/mol. The van der Waals surface area contributed by atoms with E-state index in [1.54, 1.807) is 0 Å². The molecule has 0 radical (unpaired) electrons. The van der Waals surface area contributed by atoms with E-state index in [1.165, 1.54) is 58.3 Å². The van der Waals surface area contributed by atoms with Crippen molar-refractivity contribution in [1.29, 1.82) is 0 Å². The lowest BCUT2D eigenvalue weighted by Crippen LogP contribution is -2.35. The maximum absolute atomic E-state index is 14.2. The number of anilines is 1. The highest BCUT2D eigenvalue weighted by Crippen LogP contribution is 2.58. The molecule has 2 nitrogen and oxygen atoms in total. The largest absolute Gasteiger partial charge is 0.472 e. The molecule has 202 valence electrons. The van der Waals surface area contributed by atoms with Crippen molar-refractivity contribution in [2.45, 2.75) is 37.7 Å². The highest BCUT2D eigenvalue weighted by molar-refractivity contribution is 6.08. The van der Waals surface area contributed by atoms with Crippen molar-refractivity contribution in [3.05, 3.63) is 137 Å². The summed E-state index contributed by atoms with van der Waals surface area (Å²) in [5.41, 5.74) is 8.48. The standard InChI is InChI=1S/C38H32FNO/c1-37(2)33-12-6-5-11-31(33)34-29-9-3-4-10-30(29)36-32(35(34)37)21-22-38(41-36,25-13-17-27(39)18-14-25)26-15-19-28(20-16-26)40-23-7-8-24-40/h3-6,9-22H,7-8,23-24H2,1-2H3. The van der Waals surface area contributed by atoms with Gasteiger partial charge in [0.25, 0.3) is 0 Å². The highest BCUT2D eigenvalue weighted by atomic mass is 19.1. The number of rotatable bonds is 3. The second-order valence-corrected chi connectivity index (χ2v) is 12.1. The van der Waals surface area contributed by atoms with Gasteiger partial charge >= 0.3 is 0 Å². The van der Waals surface area contributed by atoms with Crippen LogP contribution in [0.15, 0.2) is 103 Å². The van der Waals surface area contributed by atoms with Crippen LogP contribution in [0.2, 0.25) is 0 Å². The highest BCUT2D eigenvalue weighted by Gasteiger charge is 2.44. The first-order chi connectivity index (χ1) is 20.0. The van der Waals surface area contributed by atoms with Crippen molar-refractivity contribution in [3.8, 4) is 16.9 Å². The van der Waals surface area contributed by atoms with Crippen molar-refractivity contribution in [2.24, 2.45) is 0 Å². The summed E-state index contributed by atoms with van der Waals surface area (Å²) >= 11 is 0. The molecule has 0 saturated carbocycles. The first-order valence-corrected chi connectivity index (χ1v) is 14.7. The van der Waals surface area contributed by atoms with E-state index in [1.807, 2.05) is 12.1 Å². The van der Waals surface area contributed by atoms with Crippen LogP contribution in [0.25, 0.3) is 28.0 Å². The maximum Gasteiger partial charge on any atom is 0.178 e. The van der Waals surface area contributed by atoms with E-state index in [4.69, 9.17) is 4.74 Å². The first kappa shape index (κ1) is 24.4. The molecule has 1 unspecified atom stereocenters. The zero-order valence-corrected chi connectivity index (χ0v) is 23.5. The van der Waals surface area contributed by atoms with Gasteiger partial charge in [-0.1, -0.05) is 92.7 Å². The molecule has 2 heterocycles. The first-order valence-electron chi connectivity index (χ1n) is 14.7. The molecule has 2 aliphatic heterocycles. The molecule has 1 fully saturated rings. The maximum atomic E-state index is 14.2. The molecule has 0 bridgehead atoms. The molecule has 0 amide bonds. The normalized spacial score (nSPS) is 20.0. The molecule has 1 atom stereocenters. The number of ether oxygens (including phenoxy) is 1. The fourth-order valence-corrected chi connectivity index (χ4v) is 7.47. The minimum Gasteiger partial charge on any atom is -0.472 e. The fourth-order valence-electron chi connectivity index (χ4n) is 7.47. The number of benzene rings is 5. The molecular weight excluding hydrogens is 505 g/mol. The number of halogens is 1. The van der Waals surface area contributed by atoms with Gasteiger partial charge in [-0.2, -0.15) is 0 Å². The van der Waals surface area contributed by atoms with Crippen LogP contribution in [0.1, 0.15) is 54.5 Å². The van der Waals surface area contributed by atoms with Gasteiger partial charge in [0.2, 0.25) is 0 Å². The summed E-state index contributed by atoms with van der Waals surface area (Å²) in [5.74, 6) is 0.631. The molecule has 3 heteroatoms. The Hall–Kier alpha value is -4.37. The van der Waals surface area contributed by atoms with Gasteiger partial charge in [0, 0.05) is 46.3 Å². The van der Waals surface area contributed by atoms with E-state index in [9.17, 15) is 4.39 Å². The lowest BCUT2D eigenvalue weighted by molar-refractivity contribution is 0.163. The molecular formula is C38H32FNO. The van der Waals surface area contributed by atoms with Gasteiger partial charge in [-0.3, -0.25) is 0 Å². The summed E-state index contributed by atoms with van der Waals surface area (Å²) in [6, 6.07) is 32.9. The lowest BCUT2D eigenvalue weighted by atomic mass is 9.77. The Labute approximate surface area is 240 Å². The van der Waals surface area contributed by atoms with Crippen LogP contribution in [-0.4, -0.2) is 13.1 Å². The van der Waals surface area contributed by atoms with Crippen molar-refractivity contribution >= 4 is 22.5 Å². The Balaban J connectivity index is 1.37. The zero-order valence-electron chi connectivity index (χ0n) is 23.5. The zero-order chi connectivity index (χ0) is 27.8. The molecule has 0 spiro atoms. The third-order valence-corrected chi connectivity index (χ3v) is 9.49. The van der Waals surface area contributed by atoms with Gasteiger partial charge in [0.15, 0.2) is 5.60 Å². The molecule has 3 aliphatic rings. The topological polar surface area (TPSA) is 12.5 Å². The second kappa shape index (κ2) is 8.81. The van der Waals surface area contributed by atoms with Gasteiger partial charge in [-0.15, -0.1) is 0 Å². The Bertz CT molecular complexity index is 1850. The Morgan fingerprint density at radius 3 is 2.10 bits per heavy atom. The van der Waals surface area contributed by atoms with Crippen LogP contribution in [0.4, 0.5) is 10.1 Å². The third-order valence-electron chi connectivity index (χ3n) is 9.49. The van der Waals surface area contributed by atoms with Crippen LogP contribution in [-0.2, 0) is 11.0 Å². The Morgan fingerprint density at radius 2 is 1.37 bits per heavy atom. The number of fused-ring (bicyclic) bond motifs is 8. The van der Waals surface area contributed by atoms with Crippen molar-refractivity contribution in [3.63, 3.8) is 0 Å². The van der Waals surface area contributed by atoms with Gasteiger partial charge < -0.3 is 9.64 Å². The van der Waals surface area contributed by atoms with Crippen LogP contribution in [0, 0.1) is 5.82 Å². The monoisotopic (exact) mass is 537 g/mol. The van der Waals surface area contributed by atoms with Gasteiger partial charge in [-0.25, -0.2) is 4.39 Å². The van der Waals surface area contributed by atoms with Gasteiger partial charge in [0.1, 0.15) is 11.6 Å². The molecule has 1 saturated heterocycles. The summed E-state index contributed by atoms with van der Waals surface area (Å²) in [7, 11) is 0. The molecule has 1 aliphatic carbocycles. The summed E-state index contributed by atoms with van der Waals surface area (Å²) < 4.78 is 21.5. The Morgan fingerprint density at radius 1 is 0.732 bits per heavy atom. The van der Waals surface area contributed by atoms with Crippen LogP contribution in [0.5, 0.6) is 5.75 Å².